The zero-order valence-electron chi connectivity index (χ0n) is 16.9. The lowest BCUT2D eigenvalue weighted by Crippen LogP contribution is -2.21. The molecule has 160 valence electrons. The second-order valence-electron chi connectivity index (χ2n) is 7.58. The maximum Gasteiger partial charge on any atom is 0.280 e. The molecule has 1 amide bonds. The Bertz CT molecular complexity index is 1350. The second kappa shape index (κ2) is 7.26. The Morgan fingerprint density at radius 2 is 1.84 bits per heavy atom. The molecule has 0 bridgehead atoms. The molecular formula is C24H16F2N2O4. The van der Waals surface area contributed by atoms with Gasteiger partial charge in [0.25, 0.3) is 5.91 Å². The molecule has 1 aliphatic carbocycles. The molecule has 32 heavy (non-hydrogen) atoms. The molecular weight excluding hydrogens is 418 g/mol. The van der Waals surface area contributed by atoms with Gasteiger partial charge in [-0.15, -0.1) is 0 Å². The van der Waals surface area contributed by atoms with E-state index >= 15 is 0 Å². The van der Waals surface area contributed by atoms with E-state index in [1.165, 1.54) is 6.08 Å². The summed E-state index contributed by atoms with van der Waals surface area (Å²) in [5.74, 6) is -3.16. The molecule has 8 heteroatoms. The van der Waals surface area contributed by atoms with Gasteiger partial charge in [-0.2, -0.15) is 10.1 Å². The number of furan rings is 1. The van der Waals surface area contributed by atoms with Crippen LogP contribution in [-0.2, 0) is 11.2 Å². The van der Waals surface area contributed by atoms with E-state index in [1.54, 1.807) is 19.1 Å². The molecule has 1 aliphatic heterocycles. The summed E-state index contributed by atoms with van der Waals surface area (Å²) in [6.07, 6.45) is 2.67. The van der Waals surface area contributed by atoms with Crippen molar-refractivity contribution in [3.8, 4) is 17.1 Å². The average molecular weight is 434 g/mol. The smallest absolute Gasteiger partial charge is 0.280 e. The Labute approximate surface area is 181 Å². The van der Waals surface area contributed by atoms with Crippen LogP contribution >= 0.6 is 0 Å². The number of rotatable bonds is 3. The summed E-state index contributed by atoms with van der Waals surface area (Å²) in [7, 11) is 0. The van der Waals surface area contributed by atoms with Gasteiger partial charge in [0.05, 0.1) is 17.0 Å². The van der Waals surface area contributed by atoms with Crippen molar-refractivity contribution in [3.05, 3.63) is 76.6 Å². The Balaban J connectivity index is 1.47. The van der Waals surface area contributed by atoms with Crippen LogP contribution < -0.4 is 5.01 Å². The highest BCUT2D eigenvalue weighted by molar-refractivity contribution is 6.32. The number of ketones is 1. The Morgan fingerprint density at radius 3 is 2.59 bits per heavy atom. The summed E-state index contributed by atoms with van der Waals surface area (Å²) in [6.45, 7) is 1.59. The van der Waals surface area contributed by atoms with Crippen molar-refractivity contribution in [2.24, 2.45) is 5.10 Å². The Hall–Kier alpha value is -4.07. The molecule has 0 spiro atoms. The number of benzene rings is 2. The number of halogens is 2. The largest absolute Gasteiger partial charge is 0.503 e. The topological polar surface area (TPSA) is 83.1 Å². The van der Waals surface area contributed by atoms with E-state index < -0.39 is 23.3 Å². The summed E-state index contributed by atoms with van der Waals surface area (Å²) < 4.78 is 33.3. The van der Waals surface area contributed by atoms with Crippen LogP contribution in [0.15, 0.2) is 57.6 Å². The highest BCUT2D eigenvalue weighted by Crippen LogP contribution is 2.34. The van der Waals surface area contributed by atoms with Gasteiger partial charge in [0.1, 0.15) is 11.5 Å². The van der Waals surface area contributed by atoms with Crippen LogP contribution in [0.3, 0.4) is 0 Å². The maximum absolute atomic E-state index is 13.7. The zero-order chi connectivity index (χ0) is 22.6. The first-order valence-corrected chi connectivity index (χ1v) is 9.88. The minimum atomic E-state index is -1.20. The summed E-state index contributed by atoms with van der Waals surface area (Å²) in [5, 5.41) is 14.2. The third kappa shape index (κ3) is 3.11. The highest BCUT2D eigenvalue weighted by Gasteiger charge is 2.31. The zero-order valence-corrected chi connectivity index (χ0v) is 16.9. The minimum absolute atomic E-state index is 0.0739. The minimum Gasteiger partial charge on any atom is -0.503 e. The molecule has 0 radical (unpaired) electrons. The van der Waals surface area contributed by atoms with Gasteiger partial charge >= 0.3 is 0 Å². The number of Topliss-reactive ketones (excluding diaryl/α,β-unsaturated/α-hetero) is 1. The van der Waals surface area contributed by atoms with Crippen molar-refractivity contribution in [2.75, 3.05) is 5.01 Å². The number of amides is 1. The summed E-state index contributed by atoms with van der Waals surface area (Å²) >= 11 is 0. The lowest BCUT2D eigenvalue weighted by Gasteiger charge is -2.12. The lowest BCUT2D eigenvalue weighted by molar-refractivity contribution is -0.114. The number of nitrogens with zero attached hydrogens (tertiary/aromatic N) is 2. The van der Waals surface area contributed by atoms with Gasteiger partial charge in [0, 0.05) is 29.7 Å². The molecule has 3 aromatic rings. The molecule has 2 aliphatic rings. The van der Waals surface area contributed by atoms with E-state index in [-0.39, 0.29) is 17.0 Å². The fraction of sp³-hybridized carbons (Fsp3) is 0.125. The number of anilines is 1. The molecule has 0 saturated carbocycles. The molecule has 5 rings (SSSR count). The second-order valence-corrected chi connectivity index (χ2v) is 7.58. The van der Waals surface area contributed by atoms with Crippen LogP contribution in [0.2, 0.25) is 0 Å². The average Bonchev–Trinajstić information content (AvgIpc) is 3.46. The summed E-state index contributed by atoms with van der Waals surface area (Å²) in [5.41, 5.74) is 2.73. The van der Waals surface area contributed by atoms with Crippen LogP contribution in [0.5, 0.6) is 5.75 Å². The summed E-state index contributed by atoms with van der Waals surface area (Å²) in [6, 6.07) is 10.7. The SMILES string of the molecule is CC1=NN(c2cc(F)c(O)c(F)c2)C(=O)/C1=C\c1ccc(-c2cccc3c2C(=O)CC3)o1. The van der Waals surface area contributed by atoms with Crippen LogP contribution in [0, 0.1) is 11.6 Å². The molecule has 0 saturated heterocycles. The number of carbonyl (C=O) groups is 2. The number of hydrogen-bond acceptors (Lipinski definition) is 5. The third-order valence-corrected chi connectivity index (χ3v) is 5.54. The first kappa shape index (κ1) is 19.9. The van der Waals surface area contributed by atoms with Crippen LogP contribution in [0.4, 0.5) is 14.5 Å². The van der Waals surface area contributed by atoms with E-state index in [1.807, 2.05) is 18.2 Å². The third-order valence-electron chi connectivity index (χ3n) is 5.54. The predicted molar refractivity (Wildman–Crippen MR) is 113 cm³/mol. The molecule has 0 unspecified atom stereocenters. The number of aromatic hydroxyl groups is 1. The molecule has 2 heterocycles. The number of phenols is 1. The number of hydrazone groups is 1. The van der Waals surface area contributed by atoms with Crippen LogP contribution in [-0.4, -0.2) is 22.5 Å². The predicted octanol–water partition coefficient (Wildman–Crippen LogP) is 4.87. The monoisotopic (exact) mass is 434 g/mol. The van der Waals surface area contributed by atoms with E-state index in [0.717, 1.165) is 22.7 Å². The number of hydrogen-bond donors (Lipinski definition) is 1. The number of carbonyl (C=O) groups excluding carboxylic acids is 2. The molecule has 2 aromatic carbocycles. The Morgan fingerprint density at radius 1 is 1.09 bits per heavy atom. The maximum atomic E-state index is 13.7. The number of aryl methyl sites for hydroxylation is 1. The normalized spacial score (nSPS) is 16.8. The van der Waals surface area contributed by atoms with Crippen LogP contribution in [0.25, 0.3) is 17.4 Å². The van der Waals surface area contributed by atoms with Gasteiger partial charge in [0.2, 0.25) is 0 Å². The fourth-order valence-corrected chi connectivity index (χ4v) is 3.97. The lowest BCUT2D eigenvalue weighted by atomic mass is 10.0. The van der Waals surface area contributed by atoms with Crippen molar-refractivity contribution in [2.45, 2.75) is 19.8 Å². The van der Waals surface area contributed by atoms with Crippen LogP contribution in [0.1, 0.15) is 35.0 Å². The van der Waals surface area contributed by atoms with Gasteiger partial charge in [-0.05, 0) is 37.1 Å². The van der Waals surface area contributed by atoms with E-state index in [0.29, 0.717) is 41.2 Å². The number of phenolic OH excluding ortho intramolecular Hbond substituents is 1. The van der Waals surface area contributed by atoms with Crippen molar-refractivity contribution < 1.29 is 27.9 Å². The molecule has 1 N–H and O–H groups in total. The molecule has 0 atom stereocenters. The van der Waals surface area contributed by atoms with E-state index in [2.05, 4.69) is 5.10 Å². The molecule has 0 fully saturated rings. The van der Waals surface area contributed by atoms with Gasteiger partial charge in [-0.25, -0.2) is 8.78 Å². The fourth-order valence-electron chi connectivity index (χ4n) is 3.97. The summed E-state index contributed by atoms with van der Waals surface area (Å²) in [4.78, 5) is 25.1. The van der Waals surface area contributed by atoms with Crippen molar-refractivity contribution >= 4 is 29.2 Å². The van der Waals surface area contributed by atoms with Gasteiger partial charge < -0.3 is 9.52 Å². The van der Waals surface area contributed by atoms with Crippen molar-refractivity contribution in [3.63, 3.8) is 0 Å². The Kier molecular flexibility index (Phi) is 4.51. The van der Waals surface area contributed by atoms with E-state index in [9.17, 15) is 23.5 Å². The first-order chi connectivity index (χ1) is 15.3. The molecule has 6 nitrogen and oxygen atoms in total. The van der Waals surface area contributed by atoms with Gasteiger partial charge in [-0.1, -0.05) is 18.2 Å². The first-order valence-electron chi connectivity index (χ1n) is 9.88. The van der Waals surface area contributed by atoms with Crippen molar-refractivity contribution in [1.29, 1.82) is 0 Å². The molecule has 1 aromatic heterocycles. The standard InChI is InChI=1S/C24H16F2N2O4/c1-12-17(24(31)28(27-12)14-9-18(25)23(30)19(26)10-14)11-15-6-8-21(32-15)16-4-2-3-13-5-7-20(29)22(13)16/h2-4,6,8-11,30H,5,7H2,1H3/b17-11-. The van der Waals surface area contributed by atoms with E-state index in [4.69, 9.17) is 4.42 Å². The quantitative estimate of drug-likeness (QED) is 0.597. The highest BCUT2D eigenvalue weighted by atomic mass is 19.1. The van der Waals surface area contributed by atoms with Gasteiger partial charge in [0.15, 0.2) is 23.2 Å². The van der Waals surface area contributed by atoms with Crippen molar-refractivity contribution in [1.82, 2.24) is 0 Å². The number of fused-ring (bicyclic) bond motifs is 1. The van der Waals surface area contributed by atoms with Gasteiger partial charge in [-0.3, -0.25) is 9.59 Å².